The number of benzene rings is 1. The minimum Gasteiger partial charge on any atom is -0.334 e. The Bertz CT molecular complexity index is 481. The summed E-state index contributed by atoms with van der Waals surface area (Å²) in [5.41, 5.74) is 5.98. The summed E-state index contributed by atoms with van der Waals surface area (Å²) in [5, 5.41) is -0.110. The van der Waals surface area contributed by atoms with Crippen molar-refractivity contribution in [2.75, 3.05) is 13.1 Å². The molecule has 1 saturated heterocycles. The zero-order valence-corrected chi connectivity index (χ0v) is 11.7. The molecule has 5 heteroatoms. The summed E-state index contributed by atoms with van der Waals surface area (Å²) in [6, 6.07) is 4.30. The van der Waals surface area contributed by atoms with Crippen LogP contribution in [0.2, 0.25) is 5.02 Å². The van der Waals surface area contributed by atoms with E-state index in [2.05, 4.69) is 6.92 Å². The Balaban J connectivity index is 2.29. The molecule has 1 aromatic rings. The highest BCUT2D eigenvalue weighted by molar-refractivity contribution is 6.34. The Hall–Kier alpha value is -1.13. The lowest BCUT2D eigenvalue weighted by Crippen LogP contribution is -2.51. The lowest BCUT2D eigenvalue weighted by atomic mass is 9.90. The van der Waals surface area contributed by atoms with Crippen LogP contribution in [0.3, 0.4) is 0 Å². The van der Waals surface area contributed by atoms with Crippen LogP contribution < -0.4 is 5.73 Å². The number of nitrogens with two attached hydrogens (primary N) is 1. The number of hydrogen-bond acceptors (Lipinski definition) is 2. The third kappa shape index (κ3) is 2.74. The molecule has 1 heterocycles. The van der Waals surface area contributed by atoms with Crippen molar-refractivity contribution in [1.82, 2.24) is 4.90 Å². The van der Waals surface area contributed by atoms with E-state index in [0.29, 0.717) is 19.0 Å². The minimum atomic E-state index is -0.568. The van der Waals surface area contributed by atoms with Crippen molar-refractivity contribution in [2.24, 2.45) is 11.7 Å². The fraction of sp³-hybridized carbons (Fsp3) is 0.500. The molecule has 3 nitrogen and oxygen atoms in total. The van der Waals surface area contributed by atoms with E-state index in [-0.39, 0.29) is 22.5 Å². The van der Waals surface area contributed by atoms with E-state index in [1.54, 1.807) is 11.0 Å². The number of nitrogens with zero attached hydrogens (tertiary/aromatic N) is 1. The summed E-state index contributed by atoms with van der Waals surface area (Å²) in [5.74, 6) is -0.441. The molecule has 0 radical (unpaired) electrons. The Kier molecular flexibility index (Phi) is 4.42. The van der Waals surface area contributed by atoms with Gasteiger partial charge in [0.25, 0.3) is 5.91 Å². The Morgan fingerprint density at radius 1 is 1.58 bits per heavy atom. The molecule has 0 saturated carbocycles. The number of piperidine rings is 1. The van der Waals surface area contributed by atoms with Crippen LogP contribution in [0.25, 0.3) is 0 Å². The molecule has 2 atom stereocenters. The van der Waals surface area contributed by atoms with Crippen molar-refractivity contribution in [2.45, 2.75) is 25.8 Å². The van der Waals surface area contributed by atoms with Crippen molar-refractivity contribution >= 4 is 17.5 Å². The van der Waals surface area contributed by atoms with Gasteiger partial charge in [-0.2, -0.15) is 0 Å². The first-order valence-electron chi connectivity index (χ1n) is 6.51. The molecule has 0 aliphatic carbocycles. The van der Waals surface area contributed by atoms with Crippen LogP contribution in [0.5, 0.6) is 0 Å². The Labute approximate surface area is 117 Å². The van der Waals surface area contributed by atoms with Gasteiger partial charge in [0.2, 0.25) is 0 Å². The van der Waals surface area contributed by atoms with Gasteiger partial charge < -0.3 is 10.6 Å². The molecule has 19 heavy (non-hydrogen) atoms. The molecule has 1 aliphatic heterocycles. The van der Waals surface area contributed by atoms with Gasteiger partial charge in [0.1, 0.15) is 5.82 Å². The van der Waals surface area contributed by atoms with Crippen molar-refractivity contribution < 1.29 is 9.18 Å². The number of halogens is 2. The summed E-state index contributed by atoms with van der Waals surface area (Å²) < 4.78 is 13.4. The molecule has 2 N–H and O–H groups in total. The fourth-order valence-electron chi connectivity index (χ4n) is 2.68. The topological polar surface area (TPSA) is 46.3 Å². The summed E-state index contributed by atoms with van der Waals surface area (Å²) in [7, 11) is 0. The van der Waals surface area contributed by atoms with E-state index in [4.69, 9.17) is 17.3 Å². The molecule has 1 aliphatic rings. The summed E-state index contributed by atoms with van der Waals surface area (Å²) in [6.07, 6.45) is 2.00. The van der Waals surface area contributed by atoms with Crippen LogP contribution >= 0.6 is 11.6 Å². The van der Waals surface area contributed by atoms with E-state index in [0.717, 1.165) is 12.8 Å². The number of carbonyl (C=O) groups excluding carboxylic acids is 1. The van der Waals surface area contributed by atoms with Crippen molar-refractivity contribution in [3.05, 3.63) is 34.6 Å². The van der Waals surface area contributed by atoms with E-state index in [9.17, 15) is 9.18 Å². The second-order valence-electron chi connectivity index (χ2n) is 5.02. The average Bonchev–Trinajstić information content (AvgIpc) is 2.41. The van der Waals surface area contributed by atoms with E-state index in [1.807, 2.05) is 0 Å². The van der Waals surface area contributed by atoms with Gasteiger partial charge in [-0.15, -0.1) is 0 Å². The van der Waals surface area contributed by atoms with E-state index < -0.39 is 5.82 Å². The Morgan fingerprint density at radius 3 is 3.00 bits per heavy atom. The molecule has 2 rings (SSSR count). The largest absolute Gasteiger partial charge is 0.334 e. The van der Waals surface area contributed by atoms with Crippen LogP contribution in [0, 0.1) is 11.7 Å². The van der Waals surface area contributed by atoms with Gasteiger partial charge in [0.15, 0.2) is 0 Å². The van der Waals surface area contributed by atoms with Crippen molar-refractivity contribution in [3.63, 3.8) is 0 Å². The molecule has 0 aromatic heterocycles. The maximum absolute atomic E-state index is 13.4. The van der Waals surface area contributed by atoms with Crippen LogP contribution in [-0.4, -0.2) is 29.9 Å². The first kappa shape index (κ1) is 14.3. The number of hydrogen-bond donors (Lipinski definition) is 1. The van der Waals surface area contributed by atoms with Crippen LogP contribution in [-0.2, 0) is 0 Å². The normalized spacial score (nSPS) is 23.5. The third-order valence-electron chi connectivity index (χ3n) is 3.80. The van der Waals surface area contributed by atoms with Gasteiger partial charge in [-0.25, -0.2) is 4.39 Å². The number of rotatable bonds is 2. The number of likely N-dealkylation sites (tertiary alicyclic amines) is 1. The monoisotopic (exact) mass is 284 g/mol. The van der Waals surface area contributed by atoms with Gasteiger partial charge in [0.05, 0.1) is 10.6 Å². The third-order valence-corrected chi connectivity index (χ3v) is 4.18. The predicted molar refractivity (Wildman–Crippen MR) is 73.7 cm³/mol. The van der Waals surface area contributed by atoms with E-state index >= 15 is 0 Å². The second kappa shape index (κ2) is 5.88. The lowest BCUT2D eigenvalue weighted by Gasteiger charge is -2.39. The smallest absolute Gasteiger partial charge is 0.255 e. The van der Waals surface area contributed by atoms with Crippen LogP contribution in [0.4, 0.5) is 4.39 Å². The van der Waals surface area contributed by atoms with Crippen LogP contribution in [0.1, 0.15) is 30.1 Å². The highest BCUT2D eigenvalue weighted by Gasteiger charge is 2.32. The standard InChI is InChI=1S/C14H18ClFN2O/c1-9-4-3-7-18(12(9)8-17)14(19)10-5-2-6-11(16)13(10)15/h2,5-6,9,12H,3-4,7-8,17H2,1H3/t9-,12-/m1/s1. The molecule has 104 valence electrons. The molecule has 0 unspecified atom stereocenters. The maximum atomic E-state index is 13.4. The number of amides is 1. The number of carbonyl (C=O) groups is 1. The molecule has 1 fully saturated rings. The van der Waals surface area contributed by atoms with E-state index in [1.165, 1.54) is 12.1 Å². The predicted octanol–water partition coefficient (Wildman–Crippen LogP) is 2.68. The zero-order chi connectivity index (χ0) is 14.0. The zero-order valence-electron chi connectivity index (χ0n) is 10.9. The first-order valence-corrected chi connectivity index (χ1v) is 6.89. The molecular weight excluding hydrogens is 267 g/mol. The van der Waals surface area contributed by atoms with Gasteiger partial charge in [-0.05, 0) is 30.9 Å². The molecule has 1 aromatic carbocycles. The maximum Gasteiger partial charge on any atom is 0.255 e. The molecule has 0 bridgehead atoms. The second-order valence-corrected chi connectivity index (χ2v) is 5.40. The van der Waals surface area contributed by atoms with Gasteiger partial charge >= 0.3 is 0 Å². The van der Waals surface area contributed by atoms with Crippen molar-refractivity contribution in [1.29, 1.82) is 0 Å². The SMILES string of the molecule is C[C@@H]1CCCN(C(=O)c2cccc(F)c2Cl)[C@@H]1CN. The summed E-state index contributed by atoms with van der Waals surface area (Å²) >= 11 is 5.88. The van der Waals surface area contributed by atoms with Crippen LogP contribution in [0.15, 0.2) is 18.2 Å². The molecular formula is C14H18ClFN2O. The van der Waals surface area contributed by atoms with Crippen molar-refractivity contribution in [3.8, 4) is 0 Å². The molecule has 1 amide bonds. The lowest BCUT2D eigenvalue weighted by molar-refractivity contribution is 0.0532. The summed E-state index contributed by atoms with van der Waals surface area (Å²) in [4.78, 5) is 14.2. The fourth-order valence-corrected chi connectivity index (χ4v) is 2.89. The average molecular weight is 285 g/mol. The first-order chi connectivity index (χ1) is 9.06. The minimum absolute atomic E-state index is 0.000541. The van der Waals surface area contributed by atoms with Gasteiger partial charge in [-0.3, -0.25) is 4.79 Å². The Morgan fingerprint density at radius 2 is 2.32 bits per heavy atom. The highest BCUT2D eigenvalue weighted by atomic mass is 35.5. The quantitative estimate of drug-likeness (QED) is 0.907. The molecule has 0 spiro atoms. The summed E-state index contributed by atoms with van der Waals surface area (Å²) in [6.45, 7) is 3.15. The van der Waals surface area contributed by atoms with Gasteiger partial charge in [0, 0.05) is 19.1 Å². The van der Waals surface area contributed by atoms with Gasteiger partial charge in [-0.1, -0.05) is 24.6 Å². The highest BCUT2D eigenvalue weighted by Crippen LogP contribution is 2.27.